The zero-order valence-electron chi connectivity index (χ0n) is 25.1. The van der Waals surface area contributed by atoms with E-state index in [1.165, 1.54) is 24.4 Å². The number of hydrogen-bond acceptors (Lipinski definition) is 4. The second-order valence-electron chi connectivity index (χ2n) is 13.3. The van der Waals surface area contributed by atoms with Crippen molar-refractivity contribution in [1.29, 1.82) is 0 Å². The molecule has 0 radical (unpaired) electrons. The van der Waals surface area contributed by atoms with Crippen molar-refractivity contribution in [2.45, 2.75) is 94.7 Å². The number of imidazole rings is 1. The number of hydrogen-bond donors (Lipinski definition) is 1. The maximum absolute atomic E-state index is 14.5. The average Bonchev–Trinajstić information content (AvgIpc) is 3.69. The fourth-order valence-corrected chi connectivity index (χ4v) is 8.87. The van der Waals surface area contributed by atoms with E-state index >= 15 is 0 Å². The molecule has 0 saturated carbocycles. The highest BCUT2D eigenvalue weighted by Crippen LogP contribution is 2.45. The number of piperidine rings is 2. The van der Waals surface area contributed by atoms with Gasteiger partial charge in [-0.2, -0.15) is 0 Å². The van der Waals surface area contributed by atoms with Crippen LogP contribution in [-0.2, 0) is 15.0 Å². The van der Waals surface area contributed by atoms with Gasteiger partial charge in [-0.1, -0.05) is 24.3 Å². The molecule has 3 saturated heterocycles. The van der Waals surface area contributed by atoms with Crippen molar-refractivity contribution in [2.24, 2.45) is 5.73 Å². The molecule has 0 spiro atoms. The van der Waals surface area contributed by atoms with Gasteiger partial charge < -0.3 is 15.2 Å². The van der Waals surface area contributed by atoms with Crippen LogP contribution in [0.25, 0.3) is 11.0 Å². The number of primary amides is 1. The monoisotopic (exact) mass is 583 g/mol. The molecule has 2 unspecified atom stereocenters. The Morgan fingerprint density at radius 1 is 0.977 bits per heavy atom. The van der Waals surface area contributed by atoms with E-state index in [1.54, 1.807) is 6.07 Å². The zero-order valence-corrected chi connectivity index (χ0v) is 25.1. The number of carbonyl (C=O) groups excluding carboxylic acids is 2. The van der Waals surface area contributed by atoms with Gasteiger partial charge >= 0.3 is 0 Å². The Hall–Kier alpha value is -3.52. The van der Waals surface area contributed by atoms with Crippen molar-refractivity contribution in [3.63, 3.8) is 0 Å². The van der Waals surface area contributed by atoms with E-state index in [0.717, 1.165) is 62.0 Å². The van der Waals surface area contributed by atoms with Gasteiger partial charge in [0.05, 0.1) is 11.0 Å². The highest BCUT2D eigenvalue weighted by molar-refractivity contribution is 6.04. The molecule has 3 atom stereocenters. The molecule has 43 heavy (non-hydrogen) atoms. The maximum Gasteiger partial charge on any atom is 0.250 e. The highest BCUT2D eigenvalue weighted by atomic mass is 19.1. The molecule has 4 aliphatic rings. The van der Waals surface area contributed by atoms with Gasteiger partial charge in [-0.3, -0.25) is 14.5 Å². The van der Waals surface area contributed by atoms with E-state index in [-0.39, 0.29) is 17.1 Å². The number of para-hydroxylation sites is 2. The molecule has 7 nitrogen and oxygen atoms in total. The number of halogens is 1. The third-order valence-corrected chi connectivity index (χ3v) is 11.1. The summed E-state index contributed by atoms with van der Waals surface area (Å²) >= 11 is 0. The van der Waals surface area contributed by atoms with Crippen LogP contribution >= 0.6 is 0 Å². The molecule has 2 N–H and O–H groups in total. The number of nitrogens with zero attached hydrogens (tertiary/aromatic N) is 4. The predicted octanol–water partition coefficient (Wildman–Crippen LogP) is 5.57. The van der Waals surface area contributed by atoms with Crippen LogP contribution in [0, 0.1) is 12.7 Å². The molecule has 2 amide bonds. The molecule has 2 aromatic carbocycles. The van der Waals surface area contributed by atoms with Crippen LogP contribution < -0.4 is 5.73 Å². The Morgan fingerprint density at radius 2 is 1.70 bits per heavy atom. The first-order valence-corrected chi connectivity index (χ1v) is 16.1. The van der Waals surface area contributed by atoms with Gasteiger partial charge in [-0.05, 0) is 113 Å². The number of nitrogens with two attached hydrogens (primary N) is 1. The van der Waals surface area contributed by atoms with Gasteiger partial charge in [-0.15, -0.1) is 0 Å². The van der Waals surface area contributed by atoms with Crippen LogP contribution in [0.2, 0.25) is 0 Å². The van der Waals surface area contributed by atoms with Gasteiger partial charge in [0.1, 0.15) is 11.6 Å². The topological polar surface area (TPSA) is 84.5 Å². The SMILES string of the molecule is Cc1nc2ccccc2n1C1CC2CC[C@@H](C1)N2CCC1(c2cccc(F)c2)CCN(C(=O)C2=C(C(N)=O)CCC2)CC1. The molecular weight excluding hydrogens is 541 g/mol. The van der Waals surface area contributed by atoms with Crippen LogP contribution in [0.3, 0.4) is 0 Å². The third kappa shape index (κ3) is 5.07. The van der Waals surface area contributed by atoms with E-state index in [4.69, 9.17) is 10.7 Å². The van der Waals surface area contributed by atoms with Crippen LogP contribution in [0.4, 0.5) is 4.39 Å². The summed E-state index contributed by atoms with van der Waals surface area (Å²) in [5.74, 6) is 0.381. The number of aromatic nitrogens is 2. The molecule has 1 aromatic heterocycles. The predicted molar refractivity (Wildman–Crippen MR) is 165 cm³/mol. The van der Waals surface area contributed by atoms with Crippen LogP contribution in [0.5, 0.6) is 0 Å². The van der Waals surface area contributed by atoms with Crippen LogP contribution in [-0.4, -0.2) is 62.9 Å². The average molecular weight is 584 g/mol. The van der Waals surface area contributed by atoms with E-state index in [0.29, 0.717) is 55.2 Å². The van der Waals surface area contributed by atoms with Crippen molar-refractivity contribution in [3.05, 3.63) is 76.9 Å². The molecule has 4 heterocycles. The van der Waals surface area contributed by atoms with E-state index in [2.05, 4.69) is 46.7 Å². The molecule has 8 heteroatoms. The summed E-state index contributed by atoms with van der Waals surface area (Å²) in [6, 6.07) is 17.1. The summed E-state index contributed by atoms with van der Waals surface area (Å²) in [6.45, 7) is 4.32. The summed E-state index contributed by atoms with van der Waals surface area (Å²) in [5.41, 5.74) is 9.85. The summed E-state index contributed by atoms with van der Waals surface area (Å²) in [7, 11) is 0. The number of carbonyl (C=O) groups is 2. The van der Waals surface area contributed by atoms with Gasteiger partial charge in [0.2, 0.25) is 11.8 Å². The summed E-state index contributed by atoms with van der Waals surface area (Å²) < 4.78 is 17.0. The van der Waals surface area contributed by atoms with Gasteiger partial charge in [0, 0.05) is 42.4 Å². The minimum absolute atomic E-state index is 0.0402. The molecule has 3 fully saturated rings. The Bertz CT molecular complexity index is 1570. The highest BCUT2D eigenvalue weighted by Gasteiger charge is 2.44. The second-order valence-corrected chi connectivity index (χ2v) is 13.3. The molecule has 1 aliphatic carbocycles. The van der Waals surface area contributed by atoms with E-state index < -0.39 is 5.91 Å². The van der Waals surface area contributed by atoms with Gasteiger partial charge in [0.25, 0.3) is 0 Å². The summed E-state index contributed by atoms with van der Waals surface area (Å²) in [6.07, 6.45) is 9.23. The minimum atomic E-state index is -0.471. The lowest BCUT2D eigenvalue weighted by Crippen LogP contribution is -2.49. The molecule has 226 valence electrons. The fourth-order valence-electron chi connectivity index (χ4n) is 8.87. The number of amides is 2. The number of likely N-dealkylation sites (tertiary alicyclic amines) is 1. The van der Waals surface area contributed by atoms with Crippen molar-refractivity contribution < 1.29 is 14.0 Å². The molecule has 7 rings (SSSR count). The van der Waals surface area contributed by atoms with Crippen molar-refractivity contribution in [1.82, 2.24) is 19.4 Å². The lowest BCUT2D eigenvalue weighted by molar-refractivity contribution is -0.129. The molecular formula is C35H42FN5O2. The first kappa shape index (κ1) is 28.3. The normalized spacial score (nSPS) is 25.5. The molecule has 3 aliphatic heterocycles. The summed E-state index contributed by atoms with van der Waals surface area (Å²) in [4.78, 5) is 34.8. The van der Waals surface area contributed by atoms with Crippen LogP contribution in [0.1, 0.15) is 81.6 Å². The number of benzene rings is 2. The van der Waals surface area contributed by atoms with Crippen molar-refractivity contribution >= 4 is 22.8 Å². The van der Waals surface area contributed by atoms with Crippen molar-refractivity contribution in [3.8, 4) is 0 Å². The largest absolute Gasteiger partial charge is 0.366 e. The maximum atomic E-state index is 14.5. The minimum Gasteiger partial charge on any atom is -0.366 e. The Morgan fingerprint density at radius 3 is 2.42 bits per heavy atom. The van der Waals surface area contributed by atoms with Crippen molar-refractivity contribution in [2.75, 3.05) is 19.6 Å². The van der Waals surface area contributed by atoms with E-state index in [9.17, 15) is 14.0 Å². The van der Waals surface area contributed by atoms with Gasteiger partial charge in [0.15, 0.2) is 0 Å². The number of rotatable bonds is 7. The lowest BCUT2D eigenvalue weighted by atomic mass is 9.70. The smallest absolute Gasteiger partial charge is 0.250 e. The first-order valence-electron chi connectivity index (χ1n) is 16.1. The first-order chi connectivity index (χ1) is 20.8. The Labute approximate surface area is 252 Å². The molecule has 3 aromatic rings. The Balaban J connectivity index is 1.08. The number of aryl methyl sites for hydroxylation is 1. The summed E-state index contributed by atoms with van der Waals surface area (Å²) in [5, 5.41) is 0. The standard InChI is InChI=1S/C35H42FN5O2/c1-23-38-31-10-2-3-11-32(31)41(23)28-21-26-12-13-27(22-28)40(26)19-16-35(24-6-4-7-25(36)20-24)14-17-39(18-15-35)34(43)30-9-5-8-29(30)33(37)42/h2-4,6-7,10-11,20,26-28H,5,8-9,12-19,21-22H2,1H3,(H2,37,42)/t26-,27?,28?/m0/s1. The Kier molecular flexibility index (Phi) is 7.36. The fraction of sp³-hybridized carbons (Fsp3) is 0.514. The zero-order chi connectivity index (χ0) is 29.7. The van der Waals surface area contributed by atoms with E-state index in [1.807, 2.05) is 11.0 Å². The second kappa shape index (κ2) is 11.2. The molecule has 2 bridgehead atoms. The van der Waals surface area contributed by atoms with Crippen LogP contribution in [0.15, 0.2) is 59.7 Å². The van der Waals surface area contributed by atoms with Gasteiger partial charge in [-0.25, -0.2) is 9.37 Å². The number of fused-ring (bicyclic) bond motifs is 3. The lowest BCUT2D eigenvalue weighted by Gasteiger charge is -2.46. The third-order valence-electron chi connectivity index (χ3n) is 11.1. The quantitative estimate of drug-likeness (QED) is 0.394.